The van der Waals surface area contributed by atoms with Gasteiger partial charge in [-0.1, -0.05) is 6.92 Å². The van der Waals surface area contributed by atoms with E-state index in [1.165, 1.54) is 0 Å². The normalized spacial score (nSPS) is 11.1. The van der Waals surface area contributed by atoms with Crippen molar-refractivity contribution in [1.29, 1.82) is 0 Å². The Morgan fingerprint density at radius 1 is 1.50 bits per heavy atom. The number of aryl methyl sites for hydroxylation is 2. The van der Waals surface area contributed by atoms with Crippen molar-refractivity contribution in [2.24, 2.45) is 12.8 Å². The number of hydrogen-bond donors (Lipinski definition) is 1. The predicted octanol–water partition coefficient (Wildman–Crippen LogP) is 0.989. The van der Waals surface area contributed by atoms with E-state index in [0.717, 1.165) is 28.7 Å². The Kier molecular flexibility index (Phi) is 2.21. The molecule has 2 N–H and O–H groups in total. The zero-order chi connectivity index (χ0) is 10.1. The molecule has 2 aromatic rings. The third kappa shape index (κ3) is 1.28. The molecule has 0 amide bonds. The van der Waals surface area contributed by atoms with E-state index < -0.39 is 0 Å². The first-order valence-electron chi connectivity index (χ1n) is 4.76. The zero-order valence-electron chi connectivity index (χ0n) is 8.49. The average molecular weight is 190 g/mol. The fourth-order valence-corrected chi connectivity index (χ4v) is 1.59. The lowest BCUT2D eigenvalue weighted by atomic mass is 10.1. The summed E-state index contributed by atoms with van der Waals surface area (Å²) >= 11 is 0. The van der Waals surface area contributed by atoms with Crippen molar-refractivity contribution in [3.05, 3.63) is 23.5 Å². The maximum Gasteiger partial charge on any atom is 0.158 e. The van der Waals surface area contributed by atoms with E-state index in [2.05, 4.69) is 23.1 Å². The monoisotopic (exact) mass is 190 g/mol. The van der Waals surface area contributed by atoms with Crippen LogP contribution in [0.15, 0.2) is 12.3 Å². The van der Waals surface area contributed by atoms with Crippen LogP contribution in [0.2, 0.25) is 0 Å². The number of fused-ring (bicyclic) bond motifs is 1. The fraction of sp³-hybridized carbons (Fsp3) is 0.400. The quantitative estimate of drug-likeness (QED) is 0.768. The third-order valence-corrected chi connectivity index (χ3v) is 2.43. The molecule has 14 heavy (non-hydrogen) atoms. The Labute approximate surface area is 82.7 Å². The first kappa shape index (κ1) is 9.15. The lowest BCUT2D eigenvalue weighted by molar-refractivity contribution is 0.783. The van der Waals surface area contributed by atoms with Gasteiger partial charge in [0, 0.05) is 24.7 Å². The van der Waals surface area contributed by atoms with Gasteiger partial charge in [0.05, 0.1) is 6.20 Å². The number of pyridine rings is 1. The summed E-state index contributed by atoms with van der Waals surface area (Å²) in [6, 6.07) is 2.06. The second kappa shape index (κ2) is 3.38. The highest BCUT2D eigenvalue weighted by atomic mass is 15.3. The molecule has 4 heteroatoms. The summed E-state index contributed by atoms with van der Waals surface area (Å²) in [4.78, 5) is 4.51. The van der Waals surface area contributed by atoms with Crippen molar-refractivity contribution in [3.8, 4) is 0 Å². The SMILES string of the molecule is CCc1cc(CN)c2cnn(C)c2n1. The van der Waals surface area contributed by atoms with Crippen molar-refractivity contribution in [1.82, 2.24) is 14.8 Å². The van der Waals surface area contributed by atoms with Crippen molar-refractivity contribution in [2.45, 2.75) is 19.9 Å². The minimum Gasteiger partial charge on any atom is -0.326 e. The topological polar surface area (TPSA) is 56.7 Å². The van der Waals surface area contributed by atoms with Gasteiger partial charge in [-0.15, -0.1) is 0 Å². The van der Waals surface area contributed by atoms with Gasteiger partial charge in [-0.2, -0.15) is 5.10 Å². The summed E-state index contributed by atoms with van der Waals surface area (Å²) in [6.07, 6.45) is 2.75. The van der Waals surface area contributed by atoms with Crippen molar-refractivity contribution in [3.63, 3.8) is 0 Å². The Morgan fingerprint density at radius 3 is 2.93 bits per heavy atom. The van der Waals surface area contributed by atoms with Crippen LogP contribution in [-0.2, 0) is 20.0 Å². The molecule has 0 unspecified atom stereocenters. The molecule has 0 saturated carbocycles. The van der Waals surface area contributed by atoms with E-state index in [4.69, 9.17) is 5.73 Å². The van der Waals surface area contributed by atoms with Gasteiger partial charge in [-0.3, -0.25) is 4.68 Å². The Balaban J connectivity index is 2.76. The molecular formula is C10H14N4. The van der Waals surface area contributed by atoms with Crippen molar-refractivity contribution < 1.29 is 0 Å². The molecule has 74 valence electrons. The standard InChI is InChI=1S/C10H14N4/c1-3-8-4-7(5-11)9-6-12-14(2)10(9)13-8/h4,6H,3,5,11H2,1-2H3. The molecule has 0 radical (unpaired) electrons. The molecule has 0 spiro atoms. The maximum absolute atomic E-state index is 5.68. The lowest BCUT2D eigenvalue weighted by Gasteiger charge is -2.03. The number of rotatable bonds is 2. The molecule has 0 bridgehead atoms. The minimum atomic E-state index is 0.539. The Hall–Kier alpha value is -1.42. The van der Waals surface area contributed by atoms with Gasteiger partial charge in [0.2, 0.25) is 0 Å². The molecule has 0 aliphatic carbocycles. The summed E-state index contributed by atoms with van der Waals surface area (Å²) < 4.78 is 1.79. The zero-order valence-corrected chi connectivity index (χ0v) is 8.49. The van der Waals surface area contributed by atoms with Gasteiger partial charge in [-0.25, -0.2) is 4.98 Å². The molecule has 0 aliphatic heterocycles. The first-order chi connectivity index (χ1) is 6.76. The van der Waals surface area contributed by atoms with Crippen LogP contribution in [0, 0.1) is 0 Å². The number of hydrogen-bond acceptors (Lipinski definition) is 3. The molecule has 0 atom stereocenters. The molecule has 0 aromatic carbocycles. The number of aromatic nitrogens is 3. The van der Waals surface area contributed by atoms with Crippen LogP contribution in [0.25, 0.3) is 11.0 Å². The molecular weight excluding hydrogens is 176 g/mol. The van der Waals surface area contributed by atoms with Gasteiger partial charge >= 0.3 is 0 Å². The predicted molar refractivity (Wildman–Crippen MR) is 55.8 cm³/mol. The highest BCUT2D eigenvalue weighted by molar-refractivity contribution is 5.78. The summed E-state index contributed by atoms with van der Waals surface area (Å²) in [5, 5.41) is 5.24. The number of nitrogens with two attached hydrogens (primary N) is 1. The molecule has 0 aliphatic rings. The second-order valence-electron chi connectivity index (χ2n) is 3.34. The van der Waals surface area contributed by atoms with Crippen LogP contribution in [0.1, 0.15) is 18.2 Å². The van der Waals surface area contributed by atoms with Gasteiger partial charge in [0.15, 0.2) is 5.65 Å². The summed E-state index contributed by atoms with van der Waals surface area (Å²) in [6.45, 7) is 2.63. The lowest BCUT2D eigenvalue weighted by Crippen LogP contribution is -2.01. The largest absolute Gasteiger partial charge is 0.326 e. The van der Waals surface area contributed by atoms with E-state index in [1.54, 1.807) is 4.68 Å². The molecule has 2 rings (SSSR count). The van der Waals surface area contributed by atoms with Gasteiger partial charge in [-0.05, 0) is 18.1 Å². The highest BCUT2D eigenvalue weighted by Crippen LogP contribution is 2.17. The van der Waals surface area contributed by atoms with Crippen LogP contribution in [0.3, 0.4) is 0 Å². The van der Waals surface area contributed by atoms with Crippen LogP contribution < -0.4 is 5.73 Å². The van der Waals surface area contributed by atoms with Crippen LogP contribution >= 0.6 is 0 Å². The van der Waals surface area contributed by atoms with E-state index in [0.29, 0.717) is 6.54 Å². The van der Waals surface area contributed by atoms with E-state index in [1.807, 2.05) is 13.2 Å². The molecule has 0 saturated heterocycles. The van der Waals surface area contributed by atoms with E-state index in [-0.39, 0.29) is 0 Å². The van der Waals surface area contributed by atoms with Crippen molar-refractivity contribution >= 4 is 11.0 Å². The Morgan fingerprint density at radius 2 is 2.29 bits per heavy atom. The summed E-state index contributed by atoms with van der Waals surface area (Å²) in [7, 11) is 1.90. The smallest absolute Gasteiger partial charge is 0.158 e. The van der Waals surface area contributed by atoms with Gasteiger partial charge in [0.1, 0.15) is 0 Å². The van der Waals surface area contributed by atoms with Crippen LogP contribution in [-0.4, -0.2) is 14.8 Å². The van der Waals surface area contributed by atoms with E-state index >= 15 is 0 Å². The fourth-order valence-electron chi connectivity index (χ4n) is 1.59. The van der Waals surface area contributed by atoms with Crippen LogP contribution in [0.5, 0.6) is 0 Å². The molecule has 0 fully saturated rings. The first-order valence-corrected chi connectivity index (χ1v) is 4.76. The summed E-state index contributed by atoms with van der Waals surface area (Å²) in [5.41, 5.74) is 8.80. The number of nitrogens with zero attached hydrogens (tertiary/aromatic N) is 3. The Bertz CT molecular complexity index is 458. The molecule has 2 heterocycles. The van der Waals surface area contributed by atoms with Crippen LogP contribution in [0.4, 0.5) is 0 Å². The van der Waals surface area contributed by atoms with Gasteiger partial charge in [0.25, 0.3) is 0 Å². The molecule has 2 aromatic heterocycles. The summed E-state index contributed by atoms with van der Waals surface area (Å²) in [5.74, 6) is 0. The average Bonchev–Trinajstić information content (AvgIpc) is 2.59. The minimum absolute atomic E-state index is 0.539. The van der Waals surface area contributed by atoms with Crippen molar-refractivity contribution in [2.75, 3.05) is 0 Å². The van der Waals surface area contributed by atoms with Gasteiger partial charge < -0.3 is 5.73 Å². The third-order valence-electron chi connectivity index (χ3n) is 2.43. The maximum atomic E-state index is 5.68. The molecule has 4 nitrogen and oxygen atoms in total. The highest BCUT2D eigenvalue weighted by Gasteiger charge is 2.07. The van der Waals surface area contributed by atoms with E-state index in [9.17, 15) is 0 Å². The second-order valence-corrected chi connectivity index (χ2v) is 3.34.